The van der Waals surface area contributed by atoms with E-state index in [0.29, 0.717) is 18.3 Å². The van der Waals surface area contributed by atoms with Gasteiger partial charge in [0.1, 0.15) is 18.1 Å². The molecule has 1 atom stereocenters. The first-order valence-electron chi connectivity index (χ1n) is 9.24. The summed E-state index contributed by atoms with van der Waals surface area (Å²) < 4.78 is 10.9. The van der Waals surface area contributed by atoms with Crippen LogP contribution in [0.5, 0.6) is 5.75 Å². The predicted octanol–water partition coefficient (Wildman–Crippen LogP) is 2.57. The Morgan fingerprint density at radius 2 is 1.90 bits per heavy atom. The van der Waals surface area contributed by atoms with Crippen molar-refractivity contribution in [2.75, 3.05) is 13.1 Å². The van der Waals surface area contributed by atoms with Crippen molar-refractivity contribution in [2.24, 2.45) is 10.7 Å². The summed E-state index contributed by atoms with van der Waals surface area (Å²) in [5.74, 6) is 1.30. The molecule has 0 aliphatic carbocycles. The molecule has 1 aromatic heterocycles. The van der Waals surface area contributed by atoms with Gasteiger partial charge in [-0.1, -0.05) is 12.1 Å². The minimum Gasteiger partial charge on any atom is -0.491 e. The number of aliphatic hydroxyl groups excluding tert-OH is 1. The molecule has 29 heavy (non-hydrogen) atoms. The molecule has 5 N–H and O–H groups in total. The molecule has 0 radical (unpaired) electrons. The van der Waals surface area contributed by atoms with Crippen LogP contribution in [0.2, 0.25) is 0 Å². The van der Waals surface area contributed by atoms with Crippen molar-refractivity contribution in [2.45, 2.75) is 39.5 Å². The molecule has 0 aliphatic rings. The van der Waals surface area contributed by atoms with Gasteiger partial charge in [-0.25, -0.2) is 4.99 Å². The van der Waals surface area contributed by atoms with Crippen LogP contribution >= 0.6 is 24.0 Å². The maximum atomic E-state index is 11.1. The third-order valence-corrected chi connectivity index (χ3v) is 3.74. The number of guanidine groups is 1. The Kier molecular flexibility index (Phi) is 10.5. The smallest absolute Gasteiger partial charge is 0.284 e. The van der Waals surface area contributed by atoms with Gasteiger partial charge in [0.05, 0.1) is 12.2 Å². The van der Waals surface area contributed by atoms with Crippen molar-refractivity contribution in [3.05, 3.63) is 53.5 Å². The zero-order chi connectivity index (χ0) is 20.5. The molecule has 2 aromatic rings. The first kappa shape index (κ1) is 24.8. The Hall–Kier alpha value is -2.27. The van der Waals surface area contributed by atoms with E-state index in [2.05, 4.69) is 15.6 Å². The summed E-state index contributed by atoms with van der Waals surface area (Å²) in [7, 11) is 0. The number of nitrogens with zero attached hydrogens (tertiary/aromatic N) is 1. The van der Waals surface area contributed by atoms with Gasteiger partial charge in [-0.2, -0.15) is 0 Å². The number of rotatable bonds is 9. The first-order chi connectivity index (χ1) is 13.4. The van der Waals surface area contributed by atoms with E-state index in [9.17, 15) is 9.90 Å². The van der Waals surface area contributed by atoms with Gasteiger partial charge in [-0.3, -0.25) is 4.79 Å². The number of primary amides is 1. The van der Waals surface area contributed by atoms with Crippen LogP contribution in [0.15, 0.2) is 45.8 Å². The van der Waals surface area contributed by atoms with Gasteiger partial charge >= 0.3 is 0 Å². The van der Waals surface area contributed by atoms with E-state index < -0.39 is 12.0 Å². The first-order valence-corrected chi connectivity index (χ1v) is 9.24. The van der Waals surface area contributed by atoms with Gasteiger partial charge in [0.25, 0.3) is 5.91 Å². The van der Waals surface area contributed by atoms with Crippen molar-refractivity contribution in [1.82, 2.24) is 10.6 Å². The summed E-state index contributed by atoms with van der Waals surface area (Å²) >= 11 is 0. The Morgan fingerprint density at radius 1 is 1.21 bits per heavy atom. The van der Waals surface area contributed by atoms with Gasteiger partial charge < -0.3 is 30.6 Å². The monoisotopic (exact) mass is 516 g/mol. The van der Waals surface area contributed by atoms with Gasteiger partial charge in [0.15, 0.2) is 11.7 Å². The fourth-order valence-corrected chi connectivity index (χ4v) is 2.45. The minimum atomic E-state index is -0.706. The normalized spacial score (nSPS) is 12.2. The quantitative estimate of drug-likeness (QED) is 0.231. The molecule has 1 amide bonds. The molecule has 8 nitrogen and oxygen atoms in total. The van der Waals surface area contributed by atoms with E-state index in [1.807, 2.05) is 45.0 Å². The van der Waals surface area contributed by atoms with Crippen LogP contribution in [-0.2, 0) is 6.54 Å². The number of furan rings is 1. The van der Waals surface area contributed by atoms with Gasteiger partial charge in [0.2, 0.25) is 0 Å². The molecule has 1 heterocycles. The maximum Gasteiger partial charge on any atom is 0.284 e. The number of aliphatic hydroxyl groups is 1. The number of carbonyl (C=O) groups excluding carboxylic acids is 1. The average molecular weight is 516 g/mol. The van der Waals surface area contributed by atoms with Crippen molar-refractivity contribution in [3.8, 4) is 5.75 Å². The topological polar surface area (TPSA) is 122 Å². The number of ether oxygens (including phenoxy) is 1. The fraction of sp³-hybridized carbons (Fsp3) is 0.400. The largest absolute Gasteiger partial charge is 0.491 e. The molecular weight excluding hydrogens is 487 g/mol. The lowest BCUT2D eigenvalue weighted by molar-refractivity contribution is 0.0972. The molecule has 9 heteroatoms. The highest BCUT2D eigenvalue weighted by molar-refractivity contribution is 14.0. The van der Waals surface area contributed by atoms with E-state index in [4.69, 9.17) is 14.9 Å². The highest BCUT2D eigenvalue weighted by atomic mass is 127. The van der Waals surface area contributed by atoms with Crippen LogP contribution in [-0.4, -0.2) is 36.2 Å². The molecule has 2 rings (SSSR count). The molecular formula is C20H29IN4O4. The van der Waals surface area contributed by atoms with E-state index in [1.165, 1.54) is 6.07 Å². The molecule has 0 spiro atoms. The van der Waals surface area contributed by atoms with Gasteiger partial charge in [-0.15, -0.1) is 24.0 Å². The van der Waals surface area contributed by atoms with Crippen LogP contribution < -0.4 is 21.1 Å². The van der Waals surface area contributed by atoms with E-state index in [-0.39, 0.29) is 48.9 Å². The second-order valence-electron chi connectivity index (χ2n) is 6.46. The number of hydrogen-bond acceptors (Lipinski definition) is 5. The van der Waals surface area contributed by atoms with Crippen molar-refractivity contribution in [3.63, 3.8) is 0 Å². The third-order valence-electron chi connectivity index (χ3n) is 3.74. The molecule has 160 valence electrons. The second kappa shape index (κ2) is 12.3. The van der Waals surface area contributed by atoms with Crippen LogP contribution in [0.4, 0.5) is 0 Å². The molecule has 0 saturated heterocycles. The average Bonchev–Trinajstić information content (AvgIpc) is 3.13. The number of hydrogen-bond donors (Lipinski definition) is 4. The van der Waals surface area contributed by atoms with Crippen molar-refractivity contribution in [1.29, 1.82) is 0 Å². The number of halogens is 1. The van der Waals surface area contributed by atoms with Crippen molar-refractivity contribution < 1.29 is 19.1 Å². The van der Waals surface area contributed by atoms with Gasteiger partial charge in [0, 0.05) is 13.1 Å². The number of benzene rings is 1. The van der Waals surface area contributed by atoms with Crippen LogP contribution in [0, 0.1) is 0 Å². The van der Waals surface area contributed by atoms with Crippen molar-refractivity contribution >= 4 is 35.8 Å². The van der Waals surface area contributed by atoms with Gasteiger partial charge in [-0.05, 0) is 50.6 Å². The molecule has 1 unspecified atom stereocenters. The maximum absolute atomic E-state index is 11.1. The highest BCUT2D eigenvalue weighted by Crippen LogP contribution is 2.18. The third kappa shape index (κ3) is 8.32. The molecule has 0 bridgehead atoms. The lowest BCUT2D eigenvalue weighted by Gasteiger charge is -2.16. The summed E-state index contributed by atoms with van der Waals surface area (Å²) in [6, 6.07) is 10.5. The summed E-state index contributed by atoms with van der Waals surface area (Å²) in [4.78, 5) is 15.5. The zero-order valence-electron chi connectivity index (χ0n) is 16.8. The van der Waals surface area contributed by atoms with Crippen LogP contribution in [0.1, 0.15) is 48.8 Å². The predicted molar refractivity (Wildman–Crippen MR) is 123 cm³/mol. The summed E-state index contributed by atoms with van der Waals surface area (Å²) in [6.07, 6.45) is -0.605. The van der Waals surface area contributed by atoms with Crippen LogP contribution in [0.25, 0.3) is 0 Å². The summed E-state index contributed by atoms with van der Waals surface area (Å²) in [6.45, 7) is 7.05. The Morgan fingerprint density at radius 3 is 2.45 bits per heavy atom. The van der Waals surface area contributed by atoms with E-state index >= 15 is 0 Å². The molecule has 0 fully saturated rings. The minimum absolute atomic E-state index is 0. The number of carbonyl (C=O) groups is 1. The number of amides is 1. The molecule has 1 aromatic carbocycles. The molecule has 0 aliphatic heterocycles. The number of nitrogens with one attached hydrogen (secondary N) is 2. The van der Waals surface area contributed by atoms with E-state index in [0.717, 1.165) is 11.3 Å². The summed E-state index contributed by atoms with van der Waals surface area (Å²) in [5, 5.41) is 16.6. The lowest BCUT2D eigenvalue weighted by atomic mass is 10.1. The standard InChI is InChI=1S/C20H28N4O4.HI/c1-4-22-20(23-11-16-9-10-18(28-16)19(21)26)24-12-17(25)14-5-7-15(8-6-14)27-13(2)3;/h5-10,13,17,25H,4,11-12H2,1-3H3,(H2,21,26)(H2,22,23,24);1H. The molecule has 0 saturated carbocycles. The second-order valence-corrected chi connectivity index (χ2v) is 6.46. The number of nitrogens with two attached hydrogens (primary N) is 1. The lowest BCUT2D eigenvalue weighted by Crippen LogP contribution is -2.39. The van der Waals surface area contributed by atoms with Crippen LogP contribution in [0.3, 0.4) is 0 Å². The SMILES string of the molecule is CCNC(=NCc1ccc(C(N)=O)o1)NCC(O)c1ccc(OC(C)C)cc1.I. The number of aliphatic imine (C=N–C) groups is 1. The Balaban J connectivity index is 0.00000420. The Labute approximate surface area is 187 Å². The summed E-state index contributed by atoms with van der Waals surface area (Å²) in [5.41, 5.74) is 5.95. The highest BCUT2D eigenvalue weighted by Gasteiger charge is 2.10. The zero-order valence-corrected chi connectivity index (χ0v) is 19.2. The fourth-order valence-electron chi connectivity index (χ4n) is 2.45. The Bertz CT molecular complexity index is 790. The van der Waals surface area contributed by atoms with E-state index in [1.54, 1.807) is 6.07 Å².